The Morgan fingerprint density at radius 2 is 2.00 bits per heavy atom. The summed E-state index contributed by atoms with van der Waals surface area (Å²) in [4.78, 5) is 23.1. The number of benzene rings is 1. The van der Waals surface area contributed by atoms with Gasteiger partial charge < -0.3 is 10.1 Å². The SMILES string of the molecule is CCNC(=O)C(C)OC(=O)c1cc(S(=O)(=O)NC)ccc1F. The first kappa shape index (κ1) is 18.1. The minimum atomic E-state index is -3.83. The molecule has 0 spiro atoms. The molecule has 1 aromatic rings. The third kappa shape index (κ3) is 4.25. The minimum absolute atomic E-state index is 0.283. The largest absolute Gasteiger partial charge is 0.449 e. The molecule has 2 N–H and O–H groups in total. The van der Waals surface area contributed by atoms with Crippen molar-refractivity contribution < 1.29 is 27.1 Å². The maximum Gasteiger partial charge on any atom is 0.341 e. The molecule has 0 saturated carbocycles. The van der Waals surface area contributed by atoms with E-state index in [1.807, 2.05) is 0 Å². The van der Waals surface area contributed by atoms with Gasteiger partial charge in [0.05, 0.1) is 10.5 Å². The molecule has 9 heteroatoms. The summed E-state index contributed by atoms with van der Waals surface area (Å²) in [5.41, 5.74) is -0.563. The van der Waals surface area contributed by atoms with Crippen LogP contribution in [0.25, 0.3) is 0 Å². The van der Waals surface area contributed by atoms with Crippen molar-refractivity contribution in [3.05, 3.63) is 29.6 Å². The monoisotopic (exact) mass is 332 g/mol. The predicted octanol–water partition coefficient (Wildman–Crippen LogP) is 0.415. The minimum Gasteiger partial charge on any atom is -0.449 e. The van der Waals surface area contributed by atoms with Crippen molar-refractivity contribution in [3.8, 4) is 0 Å². The fourth-order valence-electron chi connectivity index (χ4n) is 1.54. The third-order valence-electron chi connectivity index (χ3n) is 2.74. The van der Waals surface area contributed by atoms with E-state index in [-0.39, 0.29) is 4.90 Å². The van der Waals surface area contributed by atoms with Crippen molar-refractivity contribution in [1.82, 2.24) is 10.0 Å². The number of amides is 1. The maximum absolute atomic E-state index is 13.7. The molecule has 1 aromatic carbocycles. The summed E-state index contributed by atoms with van der Waals surface area (Å²) in [7, 11) is -2.64. The van der Waals surface area contributed by atoms with Gasteiger partial charge in [0.1, 0.15) is 5.82 Å². The summed E-state index contributed by atoms with van der Waals surface area (Å²) in [6.45, 7) is 3.37. The van der Waals surface area contributed by atoms with Crippen LogP contribution >= 0.6 is 0 Å². The zero-order valence-electron chi connectivity index (χ0n) is 12.3. The highest BCUT2D eigenvalue weighted by molar-refractivity contribution is 7.89. The van der Waals surface area contributed by atoms with Crippen molar-refractivity contribution >= 4 is 21.9 Å². The molecule has 0 saturated heterocycles. The molecule has 0 aliphatic heterocycles. The van der Waals surface area contributed by atoms with Crippen molar-refractivity contribution in [3.63, 3.8) is 0 Å². The normalized spacial score (nSPS) is 12.5. The first-order valence-electron chi connectivity index (χ1n) is 6.44. The van der Waals surface area contributed by atoms with Gasteiger partial charge in [0.2, 0.25) is 10.0 Å². The zero-order valence-corrected chi connectivity index (χ0v) is 13.2. The Hall–Kier alpha value is -2.00. The van der Waals surface area contributed by atoms with E-state index in [2.05, 4.69) is 10.0 Å². The molecule has 1 atom stereocenters. The number of ether oxygens (including phenoxy) is 1. The van der Waals surface area contributed by atoms with Crippen molar-refractivity contribution in [1.29, 1.82) is 0 Å². The van der Waals surface area contributed by atoms with E-state index in [1.165, 1.54) is 14.0 Å². The van der Waals surface area contributed by atoms with Gasteiger partial charge in [-0.2, -0.15) is 0 Å². The molecule has 1 amide bonds. The zero-order chi connectivity index (χ0) is 16.9. The Balaban J connectivity index is 3.03. The van der Waals surface area contributed by atoms with Crippen LogP contribution in [0, 0.1) is 5.82 Å². The number of sulfonamides is 1. The number of carbonyl (C=O) groups is 2. The molecule has 0 aliphatic rings. The third-order valence-corrected chi connectivity index (χ3v) is 4.15. The van der Waals surface area contributed by atoms with E-state index in [9.17, 15) is 22.4 Å². The summed E-state index contributed by atoms with van der Waals surface area (Å²) in [5, 5.41) is 2.45. The van der Waals surface area contributed by atoms with E-state index in [4.69, 9.17) is 4.74 Å². The Kier molecular flexibility index (Phi) is 6.01. The average Bonchev–Trinajstić information content (AvgIpc) is 2.47. The van der Waals surface area contributed by atoms with Gasteiger partial charge in [0.25, 0.3) is 5.91 Å². The Morgan fingerprint density at radius 3 is 2.55 bits per heavy atom. The number of hydrogen-bond acceptors (Lipinski definition) is 5. The summed E-state index contributed by atoms with van der Waals surface area (Å²) in [5.74, 6) is -2.59. The van der Waals surface area contributed by atoms with Crippen molar-refractivity contribution in [2.75, 3.05) is 13.6 Å². The highest BCUT2D eigenvalue weighted by Gasteiger charge is 2.23. The lowest BCUT2D eigenvalue weighted by molar-refractivity contribution is -0.128. The number of esters is 1. The van der Waals surface area contributed by atoms with Crippen molar-refractivity contribution in [2.45, 2.75) is 24.8 Å². The van der Waals surface area contributed by atoms with Crippen LogP contribution in [-0.4, -0.2) is 40.0 Å². The second-order valence-electron chi connectivity index (χ2n) is 4.29. The lowest BCUT2D eigenvalue weighted by Gasteiger charge is -2.13. The molecule has 0 aliphatic carbocycles. The second kappa shape index (κ2) is 7.32. The first-order valence-corrected chi connectivity index (χ1v) is 7.93. The van der Waals surface area contributed by atoms with Crippen LogP contribution in [-0.2, 0) is 19.6 Å². The van der Waals surface area contributed by atoms with Crippen LogP contribution in [0.5, 0.6) is 0 Å². The lowest BCUT2D eigenvalue weighted by atomic mass is 10.2. The average molecular weight is 332 g/mol. The van der Waals surface area contributed by atoms with Crippen LogP contribution in [0.1, 0.15) is 24.2 Å². The number of halogens is 1. The van der Waals surface area contributed by atoms with Crippen LogP contribution in [0.3, 0.4) is 0 Å². The highest BCUT2D eigenvalue weighted by atomic mass is 32.2. The molecule has 0 bridgehead atoms. The van der Waals surface area contributed by atoms with E-state index in [1.54, 1.807) is 6.92 Å². The lowest BCUT2D eigenvalue weighted by Crippen LogP contribution is -2.35. The fourth-order valence-corrected chi connectivity index (χ4v) is 2.30. The second-order valence-corrected chi connectivity index (χ2v) is 6.18. The summed E-state index contributed by atoms with van der Waals surface area (Å²) >= 11 is 0. The molecule has 1 unspecified atom stereocenters. The van der Waals surface area contributed by atoms with E-state index < -0.39 is 39.4 Å². The highest BCUT2D eigenvalue weighted by Crippen LogP contribution is 2.16. The quantitative estimate of drug-likeness (QED) is 0.735. The van der Waals surface area contributed by atoms with Crippen LogP contribution in [0.2, 0.25) is 0 Å². The van der Waals surface area contributed by atoms with Gasteiger partial charge >= 0.3 is 5.97 Å². The summed E-state index contributed by atoms with van der Waals surface area (Å²) in [6.07, 6.45) is -1.13. The van der Waals surface area contributed by atoms with Crippen LogP contribution in [0.4, 0.5) is 4.39 Å². The number of rotatable bonds is 6. The molecule has 1 rings (SSSR count). The number of nitrogens with one attached hydrogen (secondary N) is 2. The summed E-state index contributed by atoms with van der Waals surface area (Å²) < 4.78 is 43.9. The van der Waals surface area contributed by atoms with E-state index in [0.29, 0.717) is 6.54 Å². The Bertz CT molecular complexity index is 675. The standard InChI is InChI=1S/C13H17FN2O5S/c1-4-16-12(17)8(2)21-13(18)10-7-9(5-6-11(10)14)22(19,20)15-3/h5-8,15H,4H2,1-3H3,(H,16,17). The Morgan fingerprint density at radius 1 is 1.36 bits per heavy atom. The number of hydrogen-bond donors (Lipinski definition) is 2. The molecule has 122 valence electrons. The van der Waals surface area contributed by atoms with Gasteiger partial charge in [0.15, 0.2) is 6.10 Å². The van der Waals surface area contributed by atoms with Gasteiger partial charge in [-0.15, -0.1) is 0 Å². The van der Waals surface area contributed by atoms with Gasteiger partial charge in [0, 0.05) is 6.54 Å². The topological polar surface area (TPSA) is 102 Å². The smallest absolute Gasteiger partial charge is 0.341 e. The van der Waals surface area contributed by atoms with Gasteiger partial charge in [-0.1, -0.05) is 0 Å². The molecule has 7 nitrogen and oxygen atoms in total. The van der Waals surface area contributed by atoms with E-state index >= 15 is 0 Å². The molecule has 0 aromatic heterocycles. The summed E-state index contributed by atoms with van der Waals surface area (Å²) in [6, 6.07) is 2.72. The van der Waals surface area contributed by atoms with Gasteiger partial charge in [-0.05, 0) is 39.1 Å². The molecule has 0 radical (unpaired) electrons. The van der Waals surface area contributed by atoms with Crippen LogP contribution in [0.15, 0.2) is 23.1 Å². The molecule has 0 fully saturated rings. The molecular weight excluding hydrogens is 315 g/mol. The van der Waals surface area contributed by atoms with Crippen molar-refractivity contribution in [2.24, 2.45) is 0 Å². The van der Waals surface area contributed by atoms with E-state index in [0.717, 1.165) is 18.2 Å². The maximum atomic E-state index is 13.7. The van der Waals surface area contributed by atoms with Crippen LogP contribution < -0.4 is 10.0 Å². The fraction of sp³-hybridized carbons (Fsp3) is 0.385. The Labute approximate surface area is 127 Å². The molecule has 0 heterocycles. The molecule has 22 heavy (non-hydrogen) atoms. The predicted molar refractivity (Wildman–Crippen MR) is 76.2 cm³/mol. The number of likely N-dealkylation sites (N-methyl/N-ethyl adjacent to an activating group) is 1. The number of carbonyl (C=O) groups excluding carboxylic acids is 2. The van der Waals surface area contributed by atoms with Gasteiger partial charge in [-0.25, -0.2) is 22.3 Å². The van der Waals surface area contributed by atoms with Gasteiger partial charge in [-0.3, -0.25) is 4.79 Å². The molecular formula is C13H17FN2O5S. The first-order chi connectivity index (χ1) is 10.2.